The fourth-order valence-corrected chi connectivity index (χ4v) is 3.40. The van der Waals surface area contributed by atoms with Gasteiger partial charge in [0.15, 0.2) is 0 Å². The molecule has 4 aromatic rings. The standard InChI is InChI=1S/C20H15Cl2FN6O/c1-12-25-19(27-29(12)14-7-5-13(23)6-8-14)20(30)26-18-9-10-24-28(18)11-15-16(21)3-2-4-17(15)22/h2-10H,11H2,1H3,(H,26,30). The second kappa shape index (κ2) is 8.25. The third-order valence-electron chi connectivity index (χ3n) is 4.37. The number of anilines is 1. The molecule has 0 aliphatic carbocycles. The maximum atomic E-state index is 13.2. The summed E-state index contributed by atoms with van der Waals surface area (Å²) in [4.78, 5) is 16.9. The van der Waals surface area contributed by atoms with Crippen LogP contribution < -0.4 is 5.32 Å². The second-order valence-corrected chi connectivity index (χ2v) is 7.21. The minimum Gasteiger partial charge on any atom is -0.304 e. The number of halogens is 3. The molecule has 2 aromatic carbocycles. The van der Waals surface area contributed by atoms with Crippen LogP contribution in [0, 0.1) is 12.7 Å². The lowest BCUT2D eigenvalue weighted by atomic mass is 10.2. The van der Waals surface area contributed by atoms with Gasteiger partial charge in [-0.15, -0.1) is 5.10 Å². The van der Waals surface area contributed by atoms with Crippen LogP contribution in [0.3, 0.4) is 0 Å². The van der Waals surface area contributed by atoms with Crippen molar-refractivity contribution in [1.82, 2.24) is 24.5 Å². The summed E-state index contributed by atoms with van der Waals surface area (Å²) in [5, 5.41) is 12.2. The lowest BCUT2D eigenvalue weighted by Crippen LogP contribution is -2.18. The van der Waals surface area contributed by atoms with E-state index in [2.05, 4.69) is 20.5 Å². The molecule has 0 radical (unpaired) electrons. The fourth-order valence-electron chi connectivity index (χ4n) is 2.88. The number of carbonyl (C=O) groups excluding carboxylic acids is 1. The van der Waals surface area contributed by atoms with Crippen LogP contribution in [0.4, 0.5) is 10.2 Å². The molecule has 4 rings (SSSR count). The highest BCUT2D eigenvalue weighted by atomic mass is 35.5. The van der Waals surface area contributed by atoms with Gasteiger partial charge in [0.05, 0.1) is 18.4 Å². The van der Waals surface area contributed by atoms with Crippen LogP contribution in [0.25, 0.3) is 5.69 Å². The average molecular weight is 445 g/mol. The van der Waals surface area contributed by atoms with Crippen molar-refractivity contribution >= 4 is 34.9 Å². The van der Waals surface area contributed by atoms with E-state index < -0.39 is 5.91 Å². The van der Waals surface area contributed by atoms with E-state index in [9.17, 15) is 9.18 Å². The second-order valence-electron chi connectivity index (χ2n) is 6.40. The Labute approximate surface area is 181 Å². The molecule has 0 aliphatic heterocycles. The van der Waals surface area contributed by atoms with Crippen molar-refractivity contribution in [3.05, 3.63) is 87.8 Å². The fraction of sp³-hybridized carbons (Fsp3) is 0.100. The summed E-state index contributed by atoms with van der Waals surface area (Å²) in [6, 6.07) is 12.6. The summed E-state index contributed by atoms with van der Waals surface area (Å²) in [7, 11) is 0. The van der Waals surface area contributed by atoms with E-state index >= 15 is 0 Å². The molecular formula is C20H15Cl2FN6O. The van der Waals surface area contributed by atoms with Gasteiger partial charge < -0.3 is 5.32 Å². The molecular weight excluding hydrogens is 430 g/mol. The van der Waals surface area contributed by atoms with Crippen molar-refractivity contribution < 1.29 is 9.18 Å². The Morgan fingerprint density at radius 3 is 2.50 bits per heavy atom. The molecule has 1 amide bonds. The molecule has 0 fully saturated rings. The molecule has 10 heteroatoms. The maximum absolute atomic E-state index is 13.2. The number of benzene rings is 2. The third-order valence-corrected chi connectivity index (χ3v) is 5.08. The summed E-state index contributed by atoms with van der Waals surface area (Å²) in [5.74, 6) is 0.0302. The molecule has 0 aliphatic rings. The predicted molar refractivity (Wildman–Crippen MR) is 112 cm³/mol. The first-order chi connectivity index (χ1) is 14.4. The maximum Gasteiger partial charge on any atom is 0.296 e. The first kappa shape index (κ1) is 20.1. The Morgan fingerprint density at radius 2 is 1.80 bits per heavy atom. The minimum atomic E-state index is -0.508. The van der Waals surface area contributed by atoms with Crippen molar-refractivity contribution in [2.75, 3.05) is 5.32 Å². The Bertz CT molecular complexity index is 1200. The SMILES string of the molecule is Cc1nc(C(=O)Nc2ccnn2Cc2c(Cl)cccc2Cl)nn1-c1ccc(F)cc1. The molecule has 2 heterocycles. The number of nitrogens with zero attached hydrogens (tertiary/aromatic N) is 5. The number of hydrogen-bond donors (Lipinski definition) is 1. The van der Waals surface area contributed by atoms with Crippen molar-refractivity contribution in [3.63, 3.8) is 0 Å². The number of hydrogen-bond acceptors (Lipinski definition) is 4. The highest BCUT2D eigenvalue weighted by Gasteiger charge is 2.18. The van der Waals surface area contributed by atoms with Crippen LogP contribution in [0.1, 0.15) is 22.0 Å². The van der Waals surface area contributed by atoms with Gasteiger partial charge in [-0.1, -0.05) is 29.3 Å². The smallest absolute Gasteiger partial charge is 0.296 e. The first-order valence-corrected chi connectivity index (χ1v) is 9.63. The molecule has 1 N–H and O–H groups in total. The molecule has 0 spiro atoms. The molecule has 0 bridgehead atoms. The Hall–Kier alpha value is -3.23. The number of carbonyl (C=O) groups is 1. The van der Waals surface area contributed by atoms with E-state index in [1.165, 1.54) is 16.8 Å². The van der Waals surface area contributed by atoms with E-state index in [1.54, 1.807) is 54.2 Å². The number of aromatic nitrogens is 5. The quantitative estimate of drug-likeness (QED) is 0.490. The minimum absolute atomic E-state index is 0.0275. The van der Waals surface area contributed by atoms with Gasteiger partial charge in [-0.05, 0) is 43.3 Å². The zero-order valence-corrected chi connectivity index (χ0v) is 17.2. The Kier molecular flexibility index (Phi) is 5.52. The van der Waals surface area contributed by atoms with Gasteiger partial charge in [0.25, 0.3) is 5.91 Å². The van der Waals surface area contributed by atoms with Gasteiger partial charge in [0, 0.05) is 21.7 Å². The van der Waals surface area contributed by atoms with E-state index in [0.29, 0.717) is 32.9 Å². The van der Waals surface area contributed by atoms with Crippen LogP contribution in [-0.4, -0.2) is 30.5 Å². The summed E-state index contributed by atoms with van der Waals surface area (Å²) in [6.07, 6.45) is 1.55. The first-order valence-electron chi connectivity index (χ1n) is 8.88. The number of nitrogens with one attached hydrogen (secondary N) is 1. The van der Waals surface area contributed by atoms with E-state index in [1.807, 2.05) is 0 Å². The molecule has 2 aromatic heterocycles. The summed E-state index contributed by atoms with van der Waals surface area (Å²) < 4.78 is 16.2. The van der Waals surface area contributed by atoms with Gasteiger partial charge in [0.2, 0.25) is 5.82 Å². The average Bonchev–Trinajstić information content (AvgIpc) is 3.32. The highest BCUT2D eigenvalue weighted by Crippen LogP contribution is 2.26. The molecule has 0 saturated heterocycles. The molecule has 0 saturated carbocycles. The zero-order valence-electron chi connectivity index (χ0n) is 15.7. The summed E-state index contributed by atoms with van der Waals surface area (Å²) in [5.41, 5.74) is 1.29. The summed E-state index contributed by atoms with van der Waals surface area (Å²) in [6.45, 7) is 1.98. The summed E-state index contributed by atoms with van der Waals surface area (Å²) >= 11 is 12.5. The van der Waals surface area contributed by atoms with Crippen LogP contribution >= 0.6 is 23.2 Å². The largest absolute Gasteiger partial charge is 0.304 e. The molecule has 152 valence electrons. The van der Waals surface area contributed by atoms with E-state index in [0.717, 1.165) is 0 Å². The van der Waals surface area contributed by atoms with Crippen LogP contribution in [0.15, 0.2) is 54.7 Å². The van der Waals surface area contributed by atoms with Crippen LogP contribution in [-0.2, 0) is 6.54 Å². The van der Waals surface area contributed by atoms with Crippen molar-refractivity contribution in [1.29, 1.82) is 0 Å². The van der Waals surface area contributed by atoms with Crippen LogP contribution in [0.5, 0.6) is 0 Å². The van der Waals surface area contributed by atoms with Gasteiger partial charge in [-0.3, -0.25) is 4.79 Å². The number of amides is 1. The Balaban J connectivity index is 1.55. The van der Waals surface area contributed by atoms with E-state index in [-0.39, 0.29) is 18.2 Å². The van der Waals surface area contributed by atoms with Crippen molar-refractivity contribution in [3.8, 4) is 5.69 Å². The topological polar surface area (TPSA) is 77.6 Å². The number of aryl methyl sites for hydroxylation is 1. The monoisotopic (exact) mass is 444 g/mol. The van der Waals surface area contributed by atoms with Gasteiger partial charge >= 0.3 is 0 Å². The third kappa shape index (κ3) is 4.05. The Morgan fingerprint density at radius 1 is 1.10 bits per heavy atom. The van der Waals surface area contributed by atoms with Crippen molar-refractivity contribution in [2.45, 2.75) is 13.5 Å². The highest BCUT2D eigenvalue weighted by molar-refractivity contribution is 6.36. The number of rotatable bonds is 5. The normalized spacial score (nSPS) is 10.9. The lowest BCUT2D eigenvalue weighted by Gasteiger charge is -2.10. The molecule has 7 nitrogen and oxygen atoms in total. The van der Waals surface area contributed by atoms with Gasteiger partial charge in [0.1, 0.15) is 17.5 Å². The molecule has 0 atom stereocenters. The van der Waals surface area contributed by atoms with Gasteiger partial charge in [-0.2, -0.15) is 5.10 Å². The molecule has 0 unspecified atom stereocenters. The zero-order chi connectivity index (χ0) is 21.3. The lowest BCUT2D eigenvalue weighted by molar-refractivity contribution is 0.101. The van der Waals surface area contributed by atoms with Crippen molar-refractivity contribution in [2.24, 2.45) is 0 Å². The predicted octanol–water partition coefficient (Wildman–Crippen LogP) is 4.52. The van der Waals surface area contributed by atoms with E-state index in [4.69, 9.17) is 23.2 Å². The molecule has 30 heavy (non-hydrogen) atoms. The van der Waals surface area contributed by atoms with Gasteiger partial charge in [-0.25, -0.2) is 18.7 Å². The van der Waals surface area contributed by atoms with Crippen LogP contribution in [0.2, 0.25) is 10.0 Å².